The molecule has 0 aromatic carbocycles. The summed E-state index contributed by atoms with van der Waals surface area (Å²) in [5, 5.41) is 9.68. The predicted molar refractivity (Wildman–Crippen MR) is 44.9 cm³/mol. The normalized spacial score (nSPS) is 13.5. The summed E-state index contributed by atoms with van der Waals surface area (Å²) in [5.41, 5.74) is 3.12. The molecule has 1 unspecified atom stereocenters. The lowest BCUT2D eigenvalue weighted by molar-refractivity contribution is 0.131. The molecule has 0 fully saturated rings. The number of hydrogen-bond donors (Lipinski definition) is 2. The first-order valence-corrected chi connectivity index (χ1v) is 4.30. The van der Waals surface area contributed by atoms with Crippen LogP contribution < -0.4 is 5.48 Å². The number of aryl methyl sites for hydroxylation is 2. The van der Waals surface area contributed by atoms with Gasteiger partial charge in [0.1, 0.15) is 0 Å². The largest absolute Gasteiger partial charge is 0.316 e. The van der Waals surface area contributed by atoms with Crippen LogP contribution in [0.15, 0.2) is 0 Å². The van der Waals surface area contributed by atoms with Gasteiger partial charge in [-0.3, -0.25) is 0 Å². The van der Waals surface area contributed by atoms with E-state index >= 15 is 0 Å². The topological polar surface area (TPSA) is 45.2 Å². The van der Waals surface area contributed by atoms with Crippen molar-refractivity contribution in [2.24, 2.45) is 0 Å². The lowest BCUT2D eigenvalue weighted by Crippen LogP contribution is -2.14. The van der Waals surface area contributed by atoms with E-state index in [2.05, 4.69) is 10.5 Å². The van der Waals surface area contributed by atoms with E-state index in [1.54, 1.807) is 11.3 Å². The first-order valence-electron chi connectivity index (χ1n) is 3.48. The Labute approximate surface area is 70.0 Å². The van der Waals surface area contributed by atoms with Crippen molar-refractivity contribution in [1.82, 2.24) is 10.5 Å². The Hall–Kier alpha value is -0.450. The molecule has 11 heavy (non-hydrogen) atoms. The molecule has 62 valence electrons. The summed E-state index contributed by atoms with van der Waals surface area (Å²) in [7, 11) is 0. The van der Waals surface area contributed by atoms with Crippen LogP contribution in [0.2, 0.25) is 0 Å². The molecule has 1 aromatic rings. The van der Waals surface area contributed by atoms with Crippen molar-refractivity contribution in [2.75, 3.05) is 0 Å². The van der Waals surface area contributed by atoms with Gasteiger partial charge in [-0.05, 0) is 20.8 Å². The Bertz CT molecular complexity index is 247. The molecule has 0 bridgehead atoms. The highest BCUT2D eigenvalue weighted by molar-refractivity contribution is 7.11. The van der Waals surface area contributed by atoms with E-state index in [4.69, 9.17) is 5.21 Å². The van der Waals surface area contributed by atoms with Gasteiger partial charge < -0.3 is 5.21 Å². The Morgan fingerprint density at radius 2 is 2.18 bits per heavy atom. The van der Waals surface area contributed by atoms with Crippen LogP contribution in [0.5, 0.6) is 0 Å². The second kappa shape index (κ2) is 3.30. The second-order valence-corrected chi connectivity index (χ2v) is 3.93. The third kappa shape index (κ3) is 1.77. The summed E-state index contributed by atoms with van der Waals surface area (Å²) in [6.07, 6.45) is 0. The van der Waals surface area contributed by atoms with Gasteiger partial charge in [-0.1, -0.05) is 0 Å². The van der Waals surface area contributed by atoms with Gasteiger partial charge in [0, 0.05) is 4.88 Å². The average Bonchev–Trinajstić information content (AvgIpc) is 2.28. The maximum absolute atomic E-state index is 8.64. The molecule has 0 saturated carbocycles. The second-order valence-electron chi connectivity index (χ2n) is 2.53. The van der Waals surface area contributed by atoms with Gasteiger partial charge in [0.2, 0.25) is 0 Å². The van der Waals surface area contributed by atoms with E-state index in [9.17, 15) is 0 Å². The number of hydrogen-bond acceptors (Lipinski definition) is 4. The van der Waals surface area contributed by atoms with Crippen molar-refractivity contribution in [3.8, 4) is 0 Å². The molecule has 1 atom stereocenters. The van der Waals surface area contributed by atoms with Gasteiger partial charge in [-0.15, -0.1) is 11.3 Å². The fourth-order valence-corrected chi connectivity index (χ4v) is 1.92. The minimum absolute atomic E-state index is 0.0695. The first-order chi connectivity index (χ1) is 5.15. The molecule has 1 aromatic heterocycles. The zero-order valence-corrected chi connectivity index (χ0v) is 7.70. The van der Waals surface area contributed by atoms with Crippen LogP contribution >= 0.6 is 11.3 Å². The van der Waals surface area contributed by atoms with Gasteiger partial charge in [0.25, 0.3) is 0 Å². The van der Waals surface area contributed by atoms with Gasteiger partial charge in [0.05, 0.1) is 16.7 Å². The highest BCUT2D eigenvalue weighted by atomic mass is 32.1. The van der Waals surface area contributed by atoms with Gasteiger partial charge in [-0.2, -0.15) is 5.48 Å². The van der Waals surface area contributed by atoms with Crippen molar-refractivity contribution >= 4 is 11.3 Å². The quantitative estimate of drug-likeness (QED) is 0.669. The molecule has 0 radical (unpaired) electrons. The molecule has 0 aliphatic carbocycles. The van der Waals surface area contributed by atoms with Crippen LogP contribution in [0.4, 0.5) is 0 Å². The van der Waals surface area contributed by atoms with Crippen LogP contribution in [0.1, 0.15) is 28.5 Å². The van der Waals surface area contributed by atoms with Crippen LogP contribution in [-0.2, 0) is 0 Å². The summed E-state index contributed by atoms with van der Waals surface area (Å²) in [6.45, 7) is 5.85. The van der Waals surface area contributed by atoms with E-state index in [1.807, 2.05) is 20.8 Å². The number of nitrogens with one attached hydrogen (secondary N) is 1. The van der Waals surface area contributed by atoms with E-state index in [0.717, 1.165) is 15.6 Å². The molecule has 0 spiro atoms. The molecular formula is C7H12N2OS. The van der Waals surface area contributed by atoms with Crippen molar-refractivity contribution in [3.63, 3.8) is 0 Å². The first kappa shape index (κ1) is 8.64. The van der Waals surface area contributed by atoms with Crippen molar-refractivity contribution in [3.05, 3.63) is 15.6 Å². The average molecular weight is 172 g/mol. The maximum Gasteiger partial charge on any atom is 0.0900 e. The molecule has 4 heteroatoms. The van der Waals surface area contributed by atoms with Crippen LogP contribution in [0.3, 0.4) is 0 Å². The SMILES string of the molecule is Cc1nc(C(C)NO)c(C)s1. The summed E-state index contributed by atoms with van der Waals surface area (Å²) in [5.74, 6) is 0. The van der Waals surface area contributed by atoms with Gasteiger partial charge in [-0.25, -0.2) is 4.98 Å². The number of thiazole rings is 1. The minimum Gasteiger partial charge on any atom is -0.316 e. The Morgan fingerprint density at radius 3 is 2.55 bits per heavy atom. The molecule has 0 saturated heterocycles. The minimum atomic E-state index is -0.0695. The smallest absolute Gasteiger partial charge is 0.0900 e. The van der Waals surface area contributed by atoms with E-state index < -0.39 is 0 Å². The van der Waals surface area contributed by atoms with E-state index in [0.29, 0.717) is 0 Å². The lowest BCUT2D eigenvalue weighted by Gasteiger charge is -2.05. The summed E-state index contributed by atoms with van der Waals surface area (Å²) < 4.78 is 0. The van der Waals surface area contributed by atoms with Crippen molar-refractivity contribution in [2.45, 2.75) is 26.8 Å². The van der Waals surface area contributed by atoms with Crippen molar-refractivity contribution in [1.29, 1.82) is 0 Å². The number of aromatic nitrogens is 1. The van der Waals surface area contributed by atoms with Crippen molar-refractivity contribution < 1.29 is 5.21 Å². The molecular weight excluding hydrogens is 160 g/mol. The standard InChI is InChI=1S/C7H12N2OS/c1-4(9-10)7-5(2)11-6(3)8-7/h4,9-10H,1-3H3. The highest BCUT2D eigenvalue weighted by Crippen LogP contribution is 2.21. The van der Waals surface area contributed by atoms with Gasteiger partial charge in [0.15, 0.2) is 0 Å². The third-order valence-electron chi connectivity index (χ3n) is 1.54. The fraction of sp³-hybridized carbons (Fsp3) is 0.571. The fourth-order valence-electron chi connectivity index (χ4n) is 1.01. The predicted octanol–water partition coefficient (Wildman–Crippen LogP) is 1.80. The zero-order chi connectivity index (χ0) is 8.43. The summed E-state index contributed by atoms with van der Waals surface area (Å²) in [6, 6.07) is -0.0695. The molecule has 0 aliphatic rings. The maximum atomic E-state index is 8.64. The van der Waals surface area contributed by atoms with E-state index in [-0.39, 0.29) is 6.04 Å². The molecule has 2 N–H and O–H groups in total. The summed E-state index contributed by atoms with van der Waals surface area (Å²) >= 11 is 1.65. The van der Waals surface area contributed by atoms with Crippen LogP contribution in [-0.4, -0.2) is 10.2 Å². The Kier molecular flexibility index (Phi) is 2.59. The lowest BCUT2D eigenvalue weighted by atomic mass is 10.2. The number of hydroxylamine groups is 1. The Morgan fingerprint density at radius 1 is 1.55 bits per heavy atom. The monoisotopic (exact) mass is 172 g/mol. The molecule has 0 amide bonds. The molecule has 1 heterocycles. The van der Waals surface area contributed by atoms with Crippen LogP contribution in [0, 0.1) is 13.8 Å². The number of nitrogens with zero attached hydrogens (tertiary/aromatic N) is 1. The van der Waals surface area contributed by atoms with Gasteiger partial charge >= 0.3 is 0 Å². The third-order valence-corrected chi connectivity index (χ3v) is 2.45. The molecule has 1 rings (SSSR count). The molecule has 3 nitrogen and oxygen atoms in total. The van der Waals surface area contributed by atoms with E-state index in [1.165, 1.54) is 0 Å². The Balaban J connectivity index is 2.93. The molecule has 0 aliphatic heterocycles. The van der Waals surface area contributed by atoms with Crippen LogP contribution in [0.25, 0.3) is 0 Å². The number of rotatable bonds is 2. The summed E-state index contributed by atoms with van der Waals surface area (Å²) in [4.78, 5) is 5.44. The highest BCUT2D eigenvalue weighted by Gasteiger charge is 2.10. The zero-order valence-electron chi connectivity index (χ0n) is 6.88.